The molecule has 0 bridgehead atoms. The minimum atomic E-state index is -1.78. The summed E-state index contributed by atoms with van der Waals surface area (Å²) in [5.74, 6) is 2.81. The van der Waals surface area contributed by atoms with Crippen molar-refractivity contribution in [2.45, 2.75) is 50.7 Å². The van der Waals surface area contributed by atoms with Crippen molar-refractivity contribution in [3.05, 3.63) is 244 Å². The molecule has 26 nitrogen and oxygen atoms in total. The fourth-order valence-electron chi connectivity index (χ4n) is 13.1. The third-order valence-corrected chi connectivity index (χ3v) is 21.1. The molecule has 0 amide bonds. The van der Waals surface area contributed by atoms with Gasteiger partial charge in [0, 0.05) is 122 Å². The first-order chi connectivity index (χ1) is 54.6. The van der Waals surface area contributed by atoms with Crippen molar-refractivity contribution < 1.29 is 36.9 Å². The summed E-state index contributed by atoms with van der Waals surface area (Å²) in [4.78, 5) is 34.5. The molecule has 19 rings (SSSR count). The third-order valence-electron chi connectivity index (χ3n) is 19.7. The first kappa shape index (κ1) is 76.5. The van der Waals surface area contributed by atoms with Crippen LogP contribution in [0.5, 0.6) is 0 Å². The number of halogens is 9. The maximum atomic E-state index is 14.7. The van der Waals surface area contributed by atoms with Gasteiger partial charge < -0.3 is 39.0 Å². The number of hydrogen-bond acceptors (Lipinski definition) is 22. The van der Waals surface area contributed by atoms with E-state index >= 15 is 0 Å². The summed E-state index contributed by atoms with van der Waals surface area (Å²) in [6.07, 6.45) is 12.1. The van der Waals surface area contributed by atoms with Gasteiger partial charge in [0.2, 0.25) is 5.60 Å². The largest absolute Gasteiger partial charge is 0.498 e. The van der Waals surface area contributed by atoms with Crippen molar-refractivity contribution in [1.29, 1.82) is 0 Å². The zero-order valence-corrected chi connectivity index (χ0v) is 65.7. The van der Waals surface area contributed by atoms with Crippen molar-refractivity contribution >= 4 is 200 Å². The molecule has 9 aromatic heterocycles. The number of aromatic nitrogens is 18. The lowest BCUT2D eigenvalue weighted by Crippen LogP contribution is -2.42. The molecule has 0 radical (unpaired) electrons. The summed E-state index contributed by atoms with van der Waals surface area (Å²) < 4.78 is 76.7. The van der Waals surface area contributed by atoms with Crippen LogP contribution in [0.25, 0.3) is 78.0 Å². The van der Waals surface area contributed by atoms with E-state index in [0.717, 1.165) is 68.2 Å². The minimum Gasteiger partial charge on any atom is -0.423 e. The van der Waals surface area contributed by atoms with Crippen LogP contribution in [0, 0.1) is 30.2 Å². The van der Waals surface area contributed by atoms with Crippen LogP contribution in [0.2, 0.25) is 20.1 Å². The van der Waals surface area contributed by atoms with Gasteiger partial charge >= 0.3 is 14.2 Å². The van der Waals surface area contributed by atoms with Gasteiger partial charge in [-0.3, -0.25) is 27.6 Å². The molecule has 1 saturated heterocycles. The highest BCUT2D eigenvalue weighted by atomic mass is 79.9. The Hall–Kier alpha value is -11.5. The van der Waals surface area contributed by atoms with Gasteiger partial charge in [0.05, 0.1) is 46.6 Å². The van der Waals surface area contributed by atoms with Gasteiger partial charge in [-0.25, -0.2) is 17.6 Å². The summed E-state index contributed by atoms with van der Waals surface area (Å²) in [6, 6.07) is 39.8. The highest BCUT2D eigenvalue weighted by molar-refractivity contribution is 9.10. The van der Waals surface area contributed by atoms with E-state index in [4.69, 9.17) is 55.7 Å². The Balaban J connectivity index is 0.000000115. The zero-order chi connectivity index (χ0) is 79.9. The number of nitrogens with zero attached hydrogens (tertiary/aromatic N) is 22. The molecule has 0 spiro atoms. The number of anilines is 8. The minimum absolute atomic E-state index is 0.0442. The fraction of sp³-hybridized carbons (Fsp3) is 0.156. The van der Waals surface area contributed by atoms with Crippen molar-refractivity contribution in [3.63, 3.8) is 0 Å². The highest BCUT2D eigenvalue weighted by Crippen LogP contribution is 2.42. The summed E-state index contributed by atoms with van der Waals surface area (Å²) in [7, 11) is 4.66. The van der Waals surface area contributed by atoms with Gasteiger partial charge in [-0.05, 0) is 183 Å². The molecule has 570 valence electrons. The Labute approximate surface area is 674 Å². The molecular weight excluding hydrogens is 1620 g/mol. The van der Waals surface area contributed by atoms with E-state index in [1.807, 2.05) is 101 Å². The van der Waals surface area contributed by atoms with Crippen LogP contribution in [0.1, 0.15) is 45.2 Å². The van der Waals surface area contributed by atoms with Crippen LogP contribution in [0.15, 0.2) is 188 Å². The molecule has 17 aromatic rings. The molecule has 2 aliphatic rings. The normalized spacial score (nSPS) is 14.5. The monoisotopic (exact) mass is 1670 g/mol. The molecule has 1 saturated carbocycles. The van der Waals surface area contributed by atoms with Crippen molar-refractivity contribution in [3.8, 4) is 11.3 Å². The van der Waals surface area contributed by atoms with Gasteiger partial charge in [-0.15, -0.1) is 40.8 Å². The number of fused-ring (bicyclic) bond motifs is 12. The number of rotatable bonds is 12. The SMILES string of the molecule is CN(c1cc(F)cc(-c2cnc(C3CC3)cn2)c1)c1nc2nncn2c2cc(Cl)ccc12.CN(c1cc(F)cc(B(O)O)c1)c1nc2nncn2c2cc(Cl)ccc12.CN(c1cc(F)cc(Br)c1)c1nc2nncn2c2cc(Cl)ccc12.[CH2+]C1(C)OB(c2cc(F)cc(N(C)c3nc4nncn4c4cc(Cl)ccc34)c2)OC1(C)C. The second-order valence-corrected chi connectivity index (χ2v) is 30.4. The first-order valence-corrected chi connectivity index (χ1v) is 37.3. The Morgan fingerprint density at radius 2 is 0.851 bits per heavy atom. The molecule has 10 heterocycles. The van der Waals surface area contributed by atoms with E-state index in [2.05, 4.69) is 93.5 Å². The lowest BCUT2D eigenvalue weighted by Gasteiger charge is -2.25. The lowest BCUT2D eigenvalue weighted by atomic mass is 9.79. The predicted octanol–water partition coefficient (Wildman–Crippen LogP) is 15.2. The summed E-state index contributed by atoms with van der Waals surface area (Å²) in [5.41, 5.74) is 6.92. The van der Waals surface area contributed by atoms with Crippen LogP contribution in [-0.4, -0.2) is 152 Å². The fourth-order valence-corrected chi connectivity index (χ4v) is 14.2. The Bertz CT molecular complexity index is 6590. The van der Waals surface area contributed by atoms with E-state index in [-0.39, 0.29) is 17.1 Å². The van der Waals surface area contributed by atoms with E-state index < -0.39 is 37.1 Å². The summed E-state index contributed by atoms with van der Waals surface area (Å²) in [6.45, 7) is 9.77. The standard InChI is InChI=1S/C23H17ClFN7.C22H21BClFN5O2.C16H12BClFN5O2.C16H10BrClFN5/c1-31(22-18-5-4-15(24)8-21(18)32-12-28-30-23(32)29-22)17-7-14(6-16(25)9-17)20-11-26-19(10-27-20)13-2-3-13;1-21(2)22(3,4)32-23(31-21)13-8-15(25)11-16(9-13)29(5)19-17-7-6-14(24)10-18(17)30-12-26-28-20(30)27-19;1-23(12-5-9(17(25)26)4-11(19)7-12)15-13-3-2-10(18)6-14(13)24-8-20-22-16(24)21-15;1-23(12-5-9(17)4-11(19)7-12)15-13-3-2-10(18)6-14(13)24-8-20-22-16(24)21-15/h4-13H,2-3H2,1H3;6-12H,1H2,2-5H3;2-8,25-26H,1H3;2-8H,1H3/q;+1;;. The molecule has 1 aliphatic heterocycles. The van der Waals surface area contributed by atoms with Gasteiger partial charge in [-0.2, -0.15) is 19.9 Å². The van der Waals surface area contributed by atoms with Gasteiger partial charge in [-0.1, -0.05) is 62.3 Å². The second-order valence-electron chi connectivity index (χ2n) is 27.7. The van der Waals surface area contributed by atoms with Gasteiger partial charge in [0.25, 0.3) is 23.1 Å². The Morgan fingerprint density at radius 1 is 0.474 bits per heavy atom. The maximum Gasteiger partial charge on any atom is 0.498 e. The number of hydrogen-bond donors (Lipinski definition) is 2. The topological polar surface area (TPSA) is 270 Å². The number of benzene rings is 8. The molecule has 1 aliphatic carbocycles. The predicted molar refractivity (Wildman–Crippen MR) is 437 cm³/mol. The smallest absolute Gasteiger partial charge is 0.423 e. The maximum absolute atomic E-state index is 14.7. The second kappa shape index (κ2) is 30.4. The van der Waals surface area contributed by atoms with E-state index in [1.165, 1.54) is 54.9 Å². The average molecular weight is 1680 g/mol. The lowest BCUT2D eigenvalue weighted by molar-refractivity contribution is 0.0262. The average Bonchev–Trinajstić information content (AvgIpc) is 1.34. The quantitative estimate of drug-likeness (QED) is 0.0653. The van der Waals surface area contributed by atoms with E-state index in [9.17, 15) is 27.6 Å². The first-order valence-electron chi connectivity index (χ1n) is 35.0. The van der Waals surface area contributed by atoms with Gasteiger partial charge in [0.15, 0.2) is 0 Å². The van der Waals surface area contributed by atoms with Crippen LogP contribution in [0.3, 0.4) is 0 Å². The summed E-state index contributed by atoms with van der Waals surface area (Å²) in [5, 5.41) is 56.1. The van der Waals surface area contributed by atoms with Crippen molar-refractivity contribution in [2.24, 2.45) is 0 Å². The molecule has 2 N–H and O–H groups in total. The van der Waals surface area contributed by atoms with Gasteiger partial charge in [0.1, 0.15) is 77.5 Å². The van der Waals surface area contributed by atoms with Crippen LogP contribution in [-0.2, 0) is 9.31 Å². The Morgan fingerprint density at radius 3 is 1.22 bits per heavy atom. The Kier molecular flexibility index (Phi) is 20.4. The summed E-state index contributed by atoms with van der Waals surface area (Å²) >= 11 is 28.0. The molecule has 2 fully saturated rings. The molecule has 1 unspecified atom stereocenters. The molecular formula is C77H60B2BrCl4F4N22O4+. The van der Waals surface area contributed by atoms with Crippen LogP contribution < -0.4 is 30.5 Å². The molecule has 114 heavy (non-hydrogen) atoms. The van der Waals surface area contributed by atoms with Crippen LogP contribution >= 0.6 is 62.3 Å². The molecule has 1 atom stereocenters. The van der Waals surface area contributed by atoms with Crippen molar-refractivity contribution in [1.82, 2.24) is 88.3 Å². The molecule has 37 heteroatoms. The van der Waals surface area contributed by atoms with Crippen LogP contribution in [0.4, 0.5) is 63.6 Å². The third kappa shape index (κ3) is 15.1. The highest BCUT2D eigenvalue weighted by Gasteiger charge is 2.57. The zero-order valence-electron chi connectivity index (χ0n) is 61.1. The van der Waals surface area contributed by atoms with Crippen molar-refractivity contribution in [2.75, 3.05) is 47.8 Å². The molecule has 8 aromatic carbocycles. The van der Waals surface area contributed by atoms with E-state index in [0.29, 0.717) is 116 Å². The van der Waals surface area contributed by atoms with E-state index in [1.54, 1.807) is 107 Å².